The van der Waals surface area contributed by atoms with E-state index in [-0.39, 0.29) is 23.8 Å². The summed E-state index contributed by atoms with van der Waals surface area (Å²) in [5.41, 5.74) is 4.09. The third kappa shape index (κ3) is 4.89. The minimum absolute atomic E-state index is 0.0128. The van der Waals surface area contributed by atoms with E-state index < -0.39 is 36.4 Å². The van der Waals surface area contributed by atoms with E-state index in [1.54, 1.807) is 0 Å². The molecule has 0 aliphatic heterocycles. The van der Waals surface area contributed by atoms with Crippen molar-refractivity contribution in [1.29, 1.82) is 0 Å². The Kier molecular flexibility index (Phi) is 6.55. The highest BCUT2D eigenvalue weighted by atomic mass is 19.1. The molecule has 2 amide bonds. The molecule has 174 valence electrons. The van der Waals surface area contributed by atoms with Crippen molar-refractivity contribution in [3.05, 3.63) is 89.2 Å². The van der Waals surface area contributed by atoms with Gasteiger partial charge >= 0.3 is 12.1 Å². The first-order valence-corrected chi connectivity index (χ1v) is 10.4. The Balaban J connectivity index is 1.41. The summed E-state index contributed by atoms with van der Waals surface area (Å²) in [6.07, 6.45) is -2.61. The van der Waals surface area contributed by atoms with Gasteiger partial charge in [0.05, 0.1) is 6.54 Å². The third-order valence-electron chi connectivity index (χ3n) is 5.49. The maximum absolute atomic E-state index is 14.0. The molecule has 34 heavy (non-hydrogen) atoms. The van der Waals surface area contributed by atoms with Gasteiger partial charge in [0.2, 0.25) is 0 Å². The van der Waals surface area contributed by atoms with Crippen molar-refractivity contribution in [1.82, 2.24) is 5.32 Å². The summed E-state index contributed by atoms with van der Waals surface area (Å²) in [6.45, 7) is -0.491. The lowest BCUT2D eigenvalue weighted by Crippen LogP contribution is -2.36. The number of fused-ring (bicyclic) bond motifs is 3. The summed E-state index contributed by atoms with van der Waals surface area (Å²) in [5, 5.41) is 22.5. The highest BCUT2D eigenvalue weighted by Crippen LogP contribution is 2.44. The number of amides is 2. The van der Waals surface area contributed by atoms with Gasteiger partial charge in [0.25, 0.3) is 5.91 Å². The Morgan fingerprint density at radius 2 is 1.59 bits per heavy atom. The van der Waals surface area contributed by atoms with E-state index in [1.165, 1.54) is 6.07 Å². The van der Waals surface area contributed by atoms with E-state index >= 15 is 0 Å². The van der Waals surface area contributed by atoms with Crippen LogP contribution in [0.4, 0.5) is 14.9 Å². The fraction of sp³-hybridized carbons (Fsp3) is 0.160. The SMILES string of the molecule is O=C(Nc1cc(F)cc(C(=O)NC[C@H](O)C(=O)O)c1)OCC1c2ccccc2-c2ccccc21. The van der Waals surface area contributed by atoms with E-state index in [1.807, 2.05) is 48.5 Å². The molecule has 0 spiro atoms. The molecular weight excluding hydrogens is 443 g/mol. The molecule has 0 aromatic heterocycles. The number of ether oxygens (including phenoxy) is 1. The molecule has 0 saturated heterocycles. The van der Waals surface area contributed by atoms with Crippen LogP contribution in [0, 0.1) is 5.82 Å². The van der Waals surface area contributed by atoms with Crippen molar-refractivity contribution < 1.29 is 33.7 Å². The van der Waals surface area contributed by atoms with Gasteiger partial charge in [0.1, 0.15) is 12.4 Å². The van der Waals surface area contributed by atoms with Crippen LogP contribution in [0.15, 0.2) is 66.7 Å². The molecular formula is C25H21FN2O6. The molecule has 9 heteroatoms. The van der Waals surface area contributed by atoms with Crippen molar-refractivity contribution in [2.75, 3.05) is 18.5 Å². The van der Waals surface area contributed by atoms with Gasteiger partial charge in [0, 0.05) is 17.2 Å². The lowest BCUT2D eigenvalue weighted by atomic mass is 9.98. The van der Waals surface area contributed by atoms with Crippen molar-refractivity contribution >= 4 is 23.7 Å². The predicted octanol–water partition coefficient (Wildman–Crippen LogP) is 3.36. The summed E-state index contributed by atoms with van der Waals surface area (Å²) in [7, 11) is 0. The molecule has 4 N–H and O–H groups in total. The van der Waals surface area contributed by atoms with Gasteiger partial charge in [-0.05, 0) is 40.5 Å². The third-order valence-corrected chi connectivity index (χ3v) is 5.49. The number of anilines is 1. The van der Waals surface area contributed by atoms with Gasteiger partial charge < -0.3 is 20.3 Å². The molecule has 3 aromatic carbocycles. The standard InChI is InChI=1S/C25H21FN2O6/c26-15-9-14(23(30)27-12-22(29)24(31)32)10-16(11-15)28-25(33)34-13-21-19-7-3-1-5-17(19)18-6-2-4-8-20(18)21/h1-11,21-22,29H,12-13H2,(H,27,30)(H,28,33)(H,31,32)/t22-/m0/s1. The molecule has 0 radical (unpaired) electrons. The zero-order valence-corrected chi connectivity index (χ0v) is 17.8. The minimum Gasteiger partial charge on any atom is -0.479 e. The number of rotatable bonds is 7. The van der Waals surface area contributed by atoms with Crippen molar-refractivity contribution in [2.24, 2.45) is 0 Å². The predicted molar refractivity (Wildman–Crippen MR) is 121 cm³/mol. The van der Waals surface area contributed by atoms with Crippen LogP contribution < -0.4 is 10.6 Å². The van der Waals surface area contributed by atoms with Crippen LogP contribution in [0.5, 0.6) is 0 Å². The Morgan fingerprint density at radius 1 is 0.971 bits per heavy atom. The second-order valence-electron chi connectivity index (χ2n) is 7.74. The Morgan fingerprint density at radius 3 is 2.21 bits per heavy atom. The topological polar surface area (TPSA) is 125 Å². The molecule has 3 aromatic rings. The number of carboxylic acid groups (broad SMARTS) is 1. The number of carbonyl (C=O) groups excluding carboxylic acids is 2. The number of hydrogen-bond donors (Lipinski definition) is 4. The maximum atomic E-state index is 14.0. The maximum Gasteiger partial charge on any atom is 0.411 e. The highest BCUT2D eigenvalue weighted by Gasteiger charge is 2.29. The number of aliphatic hydroxyl groups excluding tert-OH is 1. The molecule has 1 aliphatic rings. The second-order valence-corrected chi connectivity index (χ2v) is 7.74. The Labute approximate surface area is 194 Å². The summed E-state index contributed by atoms with van der Waals surface area (Å²) < 4.78 is 19.4. The molecule has 4 rings (SSSR count). The van der Waals surface area contributed by atoms with E-state index in [4.69, 9.17) is 9.84 Å². The minimum atomic E-state index is -1.80. The first-order chi connectivity index (χ1) is 16.3. The van der Waals surface area contributed by atoms with Crippen LogP contribution in [0.2, 0.25) is 0 Å². The molecule has 0 saturated carbocycles. The fourth-order valence-electron chi connectivity index (χ4n) is 3.92. The first-order valence-electron chi connectivity index (χ1n) is 10.4. The zero-order valence-electron chi connectivity index (χ0n) is 17.8. The van der Waals surface area contributed by atoms with Gasteiger partial charge in [-0.3, -0.25) is 10.1 Å². The van der Waals surface area contributed by atoms with Gasteiger partial charge in [-0.25, -0.2) is 14.0 Å². The van der Waals surface area contributed by atoms with Crippen molar-refractivity contribution in [2.45, 2.75) is 12.0 Å². The number of carboxylic acids is 1. The smallest absolute Gasteiger partial charge is 0.411 e. The fourth-order valence-corrected chi connectivity index (χ4v) is 3.92. The monoisotopic (exact) mass is 464 g/mol. The van der Waals surface area contributed by atoms with Crippen LogP contribution in [0.1, 0.15) is 27.4 Å². The van der Waals surface area contributed by atoms with Gasteiger partial charge in [-0.1, -0.05) is 48.5 Å². The zero-order chi connectivity index (χ0) is 24.2. The van der Waals surface area contributed by atoms with Crippen molar-refractivity contribution in [3.8, 4) is 11.1 Å². The van der Waals surface area contributed by atoms with Crippen LogP contribution in [0.25, 0.3) is 11.1 Å². The number of halogens is 1. The summed E-state index contributed by atoms with van der Waals surface area (Å²) in [6, 6.07) is 18.9. The molecule has 0 fully saturated rings. The van der Waals surface area contributed by atoms with Crippen molar-refractivity contribution in [3.63, 3.8) is 0 Å². The van der Waals surface area contributed by atoms with Crippen LogP contribution in [-0.2, 0) is 9.53 Å². The van der Waals surface area contributed by atoms with Gasteiger partial charge in [0.15, 0.2) is 6.10 Å². The molecule has 0 heterocycles. The molecule has 0 unspecified atom stereocenters. The van der Waals surface area contributed by atoms with Gasteiger partial charge in [-0.2, -0.15) is 0 Å². The quantitative estimate of drug-likeness (QED) is 0.425. The Hall–Kier alpha value is -4.24. The molecule has 0 bridgehead atoms. The lowest BCUT2D eigenvalue weighted by Gasteiger charge is -2.15. The number of carbonyl (C=O) groups is 3. The van der Waals surface area contributed by atoms with Gasteiger partial charge in [-0.15, -0.1) is 0 Å². The number of benzene rings is 3. The number of nitrogens with one attached hydrogen (secondary N) is 2. The van der Waals surface area contributed by atoms with Crippen LogP contribution >= 0.6 is 0 Å². The van der Waals surface area contributed by atoms with E-state index in [0.717, 1.165) is 34.4 Å². The van der Waals surface area contributed by atoms with Crippen LogP contribution in [0.3, 0.4) is 0 Å². The Bertz CT molecular complexity index is 1220. The summed E-state index contributed by atoms with van der Waals surface area (Å²) in [4.78, 5) is 35.2. The molecule has 1 aliphatic carbocycles. The number of aliphatic carboxylic acids is 1. The van der Waals surface area contributed by atoms with E-state index in [2.05, 4.69) is 10.6 Å². The molecule has 1 atom stereocenters. The largest absolute Gasteiger partial charge is 0.479 e. The number of hydrogen-bond acceptors (Lipinski definition) is 5. The normalized spacial score (nSPS) is 12.9. The average molecular weight is 464 g/mol. The highest BCUT2D eigenvalue weighted by molar-refractivity contribution is 5.96. The lowest BCUT2D eigenvalue weighted by molar-refractivity contribution is -0.146. The van der Waals surface area contributed by atoms with E-state index in [0.29, 0.717) is 0 Å². The first kappa shape index (κ1) is 22.9. The summed E-state index contributed by atoms with van der Waals surface area (Å²) in [5.74, 6) is -3.25. The second kappa shape index (κ2) is 9.72. The average Bonchev–Trinajstić information content (AvgIpc) is 3.14. The van der Waals surface area contributed by atoms with E-state index in [9.17, 15) is 23.9 Å². The summed E-state index contributed by atoms with van der Waals surface area (Å²) >= 11 is 0. The molecule has 8 nitrogen and oxygen atoms in total. The number of aliphatic hydroxyl groups is 1. The van der Waals surface area contributed by atoms with Crippen LogP contribution in [-0.4, -0.2) is 47.4 Å².